The highest BCUT2D eigenvalue weighted by Crippen LogP contribution is 2.33. The fourth-order valence-electron chi connectivity index (χ4n) is 4.23. The van der Waals surface area contributed by atoms with Crippen molar-refractivity contribution in [2.45, 2.75) is 86.2 Å². The minimum Gasteiger partial charge on any atom is -0.481 e. The van der Waals surface area contributed by atoms with Gasteiger partial charge in [-0.25, -0.2) is 9.78 Å². The van der Waals surface area contributed by atoms with Gasteiger partial charge in [-0.2, -0.15) is 13.2 Å². The number of halogens is 3. The van der Waals surface area contributed by atoms with Gasteiger partial charge in [0.2, 0.25) is 0 Å². The molecule has 0 spiro atoms. The molecule has 0 aliphatic carbocycles. The number of hydrogen-bond acceptors (Lipinski definition) is 4. The maximum absolute atomic E-state index is 13.1. The van der Waals surface area contributed by atoms with Gasteiger partial charge in [0.15, 0.2) is 0 Å². The van der Waals surface area contributed by atoms with E-state index in [1.54, 1.807) is 6.92 Å². The van der Waals surface area contributed by atoms with Gasteiger partial charge in [-0.15, -0.1) is 0 Å². The number of carboxylic acids is 1. The van der Waals surface area contributed by atoms with Gasteiger partial charge in [0.05, 0.1) is 7.11 Å². The molecular formula is C34H50BF3NO4. The van der Waals surface area contributed by atoms with Gasteiger partial charge < -0.3 is 10.0 Å². The van der Waals surface area contributed by atoms with E-state index in [0.717, 1.165) is 33.4 Å². The van der Waals surface area contributed by atoms with Crippen molar-refractivity contribution >= 4 is 18.8 Å². The van der Waals surface area contributed by atoms with Crippen LogP contribution in [0, 0.1) is 0 Å². The number of benzene rings is 2. The second kappa shape index (κ2) is 22.6. The zero-order valence-electron chi connectivity index (χ0n) is 27.2. The first kappa shape index (κ1) is 40.1. The third-order valence-corrected chi connectivity index (χ3v) is 6.50. The number of allylic oxidation sites excluding steroid dienone is 4. The molecule has 2 rings (SSSR count). The Morgan fingerprint density at radius 1 is 0.884 bits per heavy atom. The van der Waals surface area contributed by atoms with Gasteiger partial charge in [0.25, 0.3) is 7.28 Å². The smallest absolute Gasteiger partial charge is 0.339 e. The monoisotopic (exact) mass is 604 g/mol. The lowest BCUT2D eigenvalue weighted by Gasteiger charge is -2.20. The normalized spacial score (nSPS) is 11.4. The lowest BCUT2D eigenvalue weighted by Crippen LogP contribution is -2.19. The average Bonchev–Trinajstić information content (AvgIpc) is 2.96. The quantitative estimate of drug-likeness (QED) is 0.101. The van der Waals surface area contributed by atoms with Crippen LogP contribution in [0.4, 0.5) is 13.2 Å². The van der Waals surface area contributed by atoms with Crippen LogP contribution in [0.1, 0.15) is 77.5 Å². The van der Waals surface area contributed by atoms with Crippen molar-refractivity contribution in [3.05, 3.63) is 88.0 Å². The van der Waals surface area contributed by atoms with Gasteiger partial charge in [-0.1, -0.05) is 80.9 Å². The summed E-state index contributed by atoms with van der Waals surface area (Å²) < 4.78 is 39.2. The van der Waals surface area contributed by atoms with Crippen LogP contribution in [0.15, 0.2) is 71.3 Å². The molecule has 0 saturated carbocycles. The Balaban J connectivity index is 0.00000113. The summed E-state index contributed by atoms with van der Waals surface area (Å²) in [6, 6.07) is 17.3. The van der Waals surface area contributed by atoms with Crippen molar-refractivity contribution in [3.8, 4) is 0 Å². The summed E-state index contributed by atoms with van der Waals surface area (Å²) in [6.45, 7) is 14.6. The molecule has 0 aliphatic rings. The van der Waals surface area contributed by atoms with Gasteiger partial charge in [-0.05, 0) is 99.9 Å². The van der Waals surface area contributed by atoms with E-state index in [1.807, 2.05) is 75.4 Å². The predicted molar refractivity (Wildman–Crippen MR) is 172 cm³/mol. The highest BCUT2D eigenvalue weighted by molar-refractivity contribution is 6.39. The zero-order chi connectivity index (χ0) is 32.8. The highest BCUT2D eigenvalue weighted by Gasteiger charge is 2.30. The number of rotatable bonds is 14. The van der Waals surface area contributed by atoms with Crippen molar-refractivity contribution in [1.82, 2.24) is 4.90 Å². The van der Waals surface area contributed by atoms with Crippen molar-refractivity contribution in [2.24, 2.45) is 0 Å². The van der Waals surface area contributed by atoms with Crippen LogP contribution >= 0.6 is 0 Å². The van der Waals surface area contributed by atoms with E-state index in [9.17, 15) is 18.0 Å². The zero-order valence-corrected chi connectivity index (χ0v) is 27.2. The minimum atomic E-state index is -4.33. The van der Waals surface area contributed by atoms with Gasteiger partial charge in [0, 0.05) is 6.42 Å². The largest absolute Gasteiger partial charge is 0.481 e. The Kier molecular flexibility index (Phi) is 21.1. The number of carbonyl (C=O) groups is 1. The van der Waals surface area contributed by atoms with Crippen LogP contribution in [0.2, 0.25) is 6.32 Å². The van der Waals surface area contributed by atoms with Gasteiger partial charge in [-0.3, -0.25) is 4.79 Å². The molecule has 0 aliphatic heterocycles. The maximum atomic E-state index is 13.1. The summed E-state index contributed by atoms with van der Waals surface area (Å²) in [5.74, 6) is -0.745. The van der Waals surface area contributed by atoms with Crippen LogP contribution in [0.5, 0.6) is 0 Å². The first-order chi connectivity index (χ1) is 20.3. The molecule has 9 heteroatoms. The van der Waals surface area contributed by atoms with E-state index >= 15 is 0 Å². The fourth-order valence-corrected chi connectivity index (χ4v) is 4.23. The SMILES string of the molecule is CCC(=O)O.CCCN(C)CCC.COOCc1ccccc1CC(=C(C)C)/C(C[B]C(F)(F)F)=C(\C)c1ccccc1. The van der Waals surface area contributed by atoms with Crippen LogP contribution in [0.25, 0.3) is 5.57 Å². The Morgan fingerprint density at radius 3 is 1.84 bits per heavy atom. The molecular weight excluding hydrogens is 554 g/mol. The second-order valence-electron chi connectivity index (χ2n) is 10.3. The van der Waals surface area contributed by atoms with E-state index in [1.165, 1.54) is 33.0 Å². The third-order valence-electron chi connectivity index (χ3n) is 6.50. The molecule has 0 bridgehead atoms. The lowest BCUT2D eigenvalue weighted by molar-refractivity contribution is -0.282. The van der Waals surface area contributed by atoms with E-state index in [-0.39, 0.29) is 19.3 Å². The number of hydrogen-bond donors (Lipinski definition) is 1. The van der Waals surface area contributed by atoms with Crippen molar-refractivity contribution in [2.75, 3.05) is 27.2 Å². The molecule has 5 nitrogen and oxygen atoms in total. The number of aliphatic carboxylic acids is 1. The van der Waals surface area contributed by atoms with E-state index < -0.39 is 12.0 Å². The summed E-state index contributed by atoms with van der Waals surface area (Å²) in [5, 5.41) is 7.72. The minimum absolute atomic E-state index is 0.179. The first-order valence-electron chi connectivity index (χ1n) is 14.8. The van der Waals surface area contributed by atoms with Crippen LogP contribution in [-0.4, -0.2) is 56.6 Å². The summed E-state index contributed by atoms with van der Waals surface area (Å²) in [5.41, 5.74) is 6.28. The Bertz CT molecular complexity index is 1110. The summed E-state index contributed by atoms with van der Waals surface area (Å²) >= 11 is 0. The molecule has 1 radical (unpaired) electrons. The van der Waals surface area contributed by atoms with Crippen LogP contribution in [0.3, 0.4) is 0 Å². The van der Waals surface area contributed by atoms with Gasteiger partial charge >= 0.3 is 12.0 Å². The van der Waals surface area contributed by atoms with Crippen molar-refractivity contribution < 1.29 is 32.8 Å². The van der Waals surface area contributed by atoms with Crippen molar-refractivity contribution in [1.29, 1.82) is 0 Å². The summed E-state index contributed by atoms with van der Waals surface area (Å²) in [7, 11) is 4.05. The van der Waals surface area contributed by atoms with E-state index in [0.29, 0.717) is 19.3 Å². The molecule has 0 heterocycles. The van der Waals surface area contributed by atoms with E-state index in [4.69, 9.17) is 14.9 Å². The molecule has 0 amide bonds. The average molecular weight is 605 g/mol. The molecule has 0 fully saturated rings. The molecule has 2 aromatic rings. The molecule has 0 atom stereocenters. The number of alkyl halides is 3. The standard InChI is InChI=1S/C24H27BF3O2.C7H17N.C3H6O2/c1-17(2)22(14-20-12-8-9-13-21(20)16-30-29-4)23(15-25-24(26,27)28)18(3)19-10-6-5-7-11-19;1-4-6-8(3)7-5-2;1-2-3(4)5/h5-13H,14-16H2,1-4H3;4-7H2,1-3H3;2H2,1H3,(H,4,5)/b23-18+;;. The Morgan fingerprint density at radius 2 is 1.40 bits per heavy atom. The number of carboxylic acid groups (broad SMARTS) is 1. The fraction of sp³-hybridized carbons (Fsp3) is 0.500. The Hall–Kier alpha value is -2.88. The van der Waals surface area contributed by atoms with E-state index in [2.05, 4.69) is 25.8 Å². The van der Waals surface area contributed by atoms with Crippen LogP contribution < -0.4 is 0 Å². The lowest BCUT2D eigenvalue weighted by atomic mass is 9.67. The van der Waals surface area contributed by atoms with Crippen molar-refractivity contribution in [3.63, 3.8) is 0 Å². The Labute approximate surface area is 258 Å². The third kappa shape index (κ3) is 18.4. The van der Waals surface area contributed by atoms with Gasteiger partial charge in [0.1, 0.15) is 6.61 Å². The molecule has 0 aromatic heterocycles. The first-order valence-corrected chi connectivity index (χ1v) is 14.8. The highest BCUT2D eigenvalue weighted by atomic mass is 19.4. The molecule has 1 N–H and O–H groups in total. The predicted octanol–water partition coefficient (Wildman–Crippen LogP) is 8.98. The summed E-state index contributed by atoms with van der Waals surface area (Å²) in [4.78, 5) is 21.5. The molecule has 43 heavy (non-hydrogen) atoms. The molecule has 2 aromatic carbocycles. The van der Waals surface area contributed by atoms with Crippen LogP contribution in [-0.2, 0) is 27.6 Å². The number of nitrogens with zero attached hydrogens (tertiary/aromatic N) is 1. The second-order valence-corrected chi connectivity index (χ2v) is 10.3. The maximum Gasteiger partial charge on any atom is 0.339 e. The molecule has 0 saturated heterocycles. The molecule has 239 valence electrons. The molecule has 0 unspecified atom stereocenters. The summed E-state index contributed by atoms with van der Waals surface area (Å²) in [6.07, 6.45) is -1.23. The topological polar surface area (TPSA) is 59.0 Å².